The number of aryl methyl sites for hydroxylation is 1. The topological polar surface area (TPSA) is 66.0 Å². The van der Waals surface area contributed by atoms with E-state index in [9.17, 15) is 4.79 Å². The summed E-state index contributed by atoms with van der Waals surface area (Å²) in [6, 6.07) is 0. The Hall–Kier alpha value is -1.32. The molecule has 2 N–H and O–H groups in total. The maximum absolute atomic E-state index is 10.8. The van der Waals surface area contributed by atoms with Crippen LogP contribution in [0.4, 0.5) is 0 Å². The van der Waals surface area contributed by atoms with Gasteiger partial charge in [-0.2, -0.15) is 5.10 Å². The Morgan fingerprint density at radius 3 is 2.71 bits per heavy atom. The Bertz CT molecular complexity index is 318. The number of aromatic nitrogens is 2. The van der Waals surface area contributed by atoms with Crippen molar-refractivity contribution in [2.45, 2.75) is 39.5 Å². The zero-order valence-corrected chi connectivity index (χ0v) is 8.63. The highest BCUT2D eigenvalue weighted by atomic mass is 16.4. The second-order valence-electron chi connectivity index (χ2n) is 3.29. The zero-order valence-electron chi connectivity index (χ0n) is 8.63. The second-order valence-corrected chi connectivity index (χ2v) is 3.29. The number of carboxylic acid groups (broad SMARTS) is 1. The van der Waals surface area contributed by atoms with Crippen molar-refractivity contribution in [2.75, 3.05) is 0 Å². The van der Waals surface area contributed by atoms with Crippen LogP contribution in [0, 0.1) is 0 Å². The second kappa shape index (κ2) is 4.79. The molecule has 0 unspecified atom stereocenters. The van der Waals surface area contributed by atoms with Gasteiger partial charge in [0.1, 0.15) is 0 Å². The standard InChI is InChI=1S/C10H16N2O2/c1-3-5-6-8-7(4-2)9(10(13)14)12-11-8/h3-6H2,1-2H3,(H,11,12)(H,13,14). The molecule has 1 heterocycles. The van der Waals surface area contributed by atoms with Gasteiger partial charge in [0, 0.05) is 11.3 Å². The molecular weight excluding hydrogens is 180 g/mol. The van der Waals surface area contributed by atoms with Crippen molar-refractivity contribution in [1.82, 2.24) is 10.2 Å². The summed E-state index contributed by atoms with van der Waals surface area (Å²) in [6.07, 6.45) is 3.77. The predicted molar refractivity (Wildman–Crippen MR) is 53.5 cm³/mol. The molecule has 1 aromatic rings. The minimum Gasteiger partial charge on any atom is -0.476 e. The van der Waals surface area contributed by atoms with E-state index in [1.807, 2.05) is 6.92 Å². The molecule has 0 fully saturated rings. The molecule has 1 rings (SSSR count). The highest BCUT2D eigenvalue weighted by Gasteiger charge is 2.16. The number of hydrogen-bond acceptors (Lipinski definition) is 2. The number of rotatable bonds is 5. The molecule has 0 aliphatic rings. The first-order valence-corrected chi connectivity index (χ1v) is 5.00. The summed E-state index contributed by atoms with van der Waals surface area (Å²) < 4.78 is 0. The van der Waals surface area contributed by atoms with Gasteiger partial charge in [0.2, 0.25) is 0 Å². The van der Waals surface area contributed by atoms with Gasteiger partial charge in [-0.3, -0.25) is 5.10 Å². The zero-order chi connectivity index (χ0) is 10.6. The molecule has 0 aromatic carbocycles. The molecule has 0 atom stereocenters. The highest BCUT2D eigenvalue weighted by molar-refractivity contribution is 5.87. The number of nitrogens with one attached hydrogen (secondary N) is 1. The van der Waals surface area contributed by atoms with Crippen molar-refractivity contribution >= 4 is 5.97 Å². The van der Waals surface area contributed by atoms with E-state index in [4.69, 9.17) is 5.11 Å². The van der Waals surface area contributed by atoms with Crippen LogP contribution in [-0.2, 0) is 12.8 Å². The third-order valence-electron chi connectivity index (χ3n) is 2.29. The Labute approximate surface area is 83.3 Å². The third kappa shape index (κ3) is 2.13. The van der Waals surface area contributed by atoms with E-state index >= 15 is 0 Å². The molecule has 0 saturated carbocycles. The predicted octanol–water partition coefficient (Wildman–Crippen LogP) is 2.01. The summed E-state index contributed by atoms with van der Waals surface area (Å²) in [5.41, 5.74) is 2.01. The molecule has 14 heavy (non-hydrogen) atoms. The number of carboxylic acids is 1. The average molecular weight is 196 g/mol. The Balaban J connectivity index is 2.89. The van der Waals surface area contributed by atoms with Gasteiger partial charge in [-0.1, -0.05) is 20.3 Å². The van der Waals surface area contributed by atoms with E-state index in [-0.39, 0.29) is 5.69 Å². The molecule has 78 valence electrons. The van der Waals surface area contributed by atoms with Crippen LogP contribution in [-0.4, -0.2) is 21.3 Å². The SMILES string of the molecule is CCCCc1[nH]nc(C(=O)O)c1CC. The summed E-state index contributed by atoms with van der Waals surface area (Å²) in [7, 11) is 0. The number of hydrogen-bond donors (Lipinski definition) is 2. The molecule has 0 bridgehead atoms. The Morgan fingerprint density at radius 2 is 2.21 bits per heavy atom. The lowest BCUT2D eigenvalue weighted by atomic mass is 10.1. The number of aromatic carboxylic acids is 1. The number of unbranched alkanes of at least 4 members (excludes halogenated alkanes) is 1. The fourth-order valence-corrected chi connectivity index (χ4v) is 1.52. The summed E-state index contributed by atoms with van der Waals surface area (Å²) in [5.74, 6) is -0.944. The maximum atomic E-state index is 10.8. The van der Waals surface area contributed by atoms with Crippen molar-refractivity contribution in [3.05, 3.63) is 17.0 Å². The van der Waals surface area contributed by atoms with E-state index in [1.54, 1.807) is 0 Å². The first-order valence-electron chi connectivity index (χ1n) is 5.00. The smallest absolute Gasteiger partial charge is 0.356 e. The Morgan fingerprint density at radius 1 is 1.50 bits per heavy atom. The van der Waals surface area contributed by atoms with Crippen molar-refractivity contribution in [3.8, 4) is 0 Å². The van der Waals surface area contributed by atoms with Crippen LogP contribution < -0.4 is 0 Å². The summed E-state index contributed by atoms with van der Waals surface area (Å²) in [6.45, 7) is 4.06. The van der Waals surface area contributed by atoms with Gasteiger partial charge < -0.3 is 5.11 Å². The van der Waals surface area contributed by atoms with E-state index in [0.29, 0.717) is 0 Å². The van der Waals surface area contributed by atoms with E-state index in [0.717, 1.165) is 36.9 Å². The van der Waals surface area contributed by atoms with Gasteiger partial charge in [-0.25, -0.2) is 4.79 Å². The largest absolute Gasteiger partial charge is 0.476 e. The van der Waals surface area contributed by atoms with Gasteiger partial charge in [-0.05, 0) is 19.3 Å². The molecule has 0 saturated heterocycles. The van der Waals surface area contributed by atoms with Crippen LogP contribution in [0.5, 0.6) is 0 Å². The fourth-order valence-electron chi connectivity index (χ4n) is 1.52. The van der Waals surface area contributed by atoms with Crippen LogP contribution in [0.15, 0.2) is 0 Å². The number of carbonyl (C=O) groups is 1. The molecule has 0 radical (unpaired) electrons. The minimum absolute atomic E-state index is 0.179. The lowest BCUT2D eigenvalue weighted by Crippen LogP contribution is -2.01. The van der Waals surface area contributed by atoms with Crippen LogP contribution in [0.2, 0.25) is 0 Å². The lowest BCUT2D eigenvalue weighted by Gasteiger charge is -1.99. The molecular formula is C10H16N2O2. The maximum Gasteiger partial charge on any atom is 0.356 e. The van der Waals surface area contributed by atoms with Crippen molar-refractivity contribution < 1.29 is 9.90 Å². The first kappa shape index (κ1) is 10.8. The van der Waals surface area contributed by atoms with Gasteiger partial charge >= 0.3 is 5.97 Å². The number of nitrogens with zero attached hydrogens (tertiary/aromatic N) is 1. The van der Waals surface area contributed by atoms with Gasteiger partial charge in [0.15, 0.2) is 5.69 Å². The summed E-state index contributed by atoms with van der Waals surface area (Å²) in [4.78, 5) is 10.8. The van der Waals surface area contributed by atoms with Crippen LogP contribution in [0.1, 0.15) is 48.4 Å². The normalized spacial score (nSPS) is 10.4. The molecule has 0 aliphatic carbocycles. The van der Waals surface area contributed by atoms with Crippen LogP contribution >= 0.6 is 0 Å². The number of H-pyrrole nitrogens is 1. The van der Waals surface area contributed by atoms with Gasteiger partial charge in [0.05, 0.1) is 0 Å². The van der Waals surface area contributed by atoms with Crippen molar-refractivity contribution in [1.29, 1.82) is 0 Å². The number of aromatic amines is 1. The highest BCUT2D eigenvalue weighted by Crippen LogP contribution is 2.14. The fraction of sp³-hybridized carbons (Fsp3) is 0.600. The van der Waals surface area contributed by atoms with E-state index < -0.39 is 5.97 Å². The van der Waals surface area contributed by atoms with E-state index in [2.05, 4.69) is 17.1 Å². The molecule has 0 amide bonds. The molecule has 4 nitrogen and oxygen atoms in total. The average Bonchev–Trinajstić information content (AvgIpc) is 2.57. The summed E-state index contributed by atoms with van der Waals surface area (Å²) >= 11 is 0. The third-order valence-corrected chi connectivity index (χ3v) is 2.29. The first-order chi connectivity index (χ1) is 6.70. The molecule has 1 aromatic heterocycles. The van der Waals surface area contributed by atoms with Crippen LogP contribution in [0.3, 0.4) is 0 Å². The minimum atomic E-state index is -0.944. The van der Waals surface area contributed by atoms with Crippen molar-refractivity contribution in [2.24, 2.45) is 0 Å². The quantitative estimate of drug-likeness (QED) is 0.757. The van der Waals surface area contributed by atoms with E-state index in [1.165, 1.54) is 0 Å². The molecule has 0 aliphatic heterocycles. The molecule has 0 spiro atoms. The monoisotopic (exact) mass is 196 g/mol. The van der Waals surface area contributed by atoms with Gasteiger partial charge in [0.25, 0.3) is 0 Å². The summed E-state index contributed by atoms with van der Waals surface area (Å²) in [5, 5.41) is 15.5. The van der Waals surface area contributed by atoms with Gasteiger partial charge in [-0.15, -0.1) is 0 Å². The molecule has 4 heteroatoms. The lowest BCUT2D eigenvalue weighted by molar-refractivity contribution is 0.0689. The Kier molecular flexibility index (Phi) is 3.68. The van der Waals surface area contributed by atoms with Crippen molar-refractivity contribution in [3.63, 3.8) is 0 Å². The van der Waals surface area contributed by atoms with Crippen LogP contribution in [0.25, 0.3) is 0 Å².